The lowest BCUT2D eigenvalue weighted by molar-refractivity contribution is 0.0600. The first-order valence-corrected chi connectivity index (χ1v) is 5.41. The van der Waals surface area contributed by atoms with Crippen LogP contribution in [0, 0.1) is 5.82 Å². The molecule has 0 aliphatic carbocycles. The maximum Gasteiger partial charge on any atom is 0.338 e. The van der Waals surface area contributed by atoms with Crippen molar-refractivity contribution in [3.8, 4) is 5.75 Å². The number of aliphatic imine (C=N–C) groups is 1. The third-order valence-electron chi connectivity index (χ3n) is 2.05. The molecule has 98 valence electrons. The summed E-state index contributed by atoms with van der Waals surface area (Å²) >= 11 is 5.48. The van der Waals surface area contributed by atoms with E-state index in [4.69, 9.17) is 22.1 Å². The van der Waals surface area contributed by atoms with Crippen molar-refractivity contribution in [2.75, 3.05) is 20.1 Å². The zero-order chi connectivity index (χ0) is 13.7. The van der Waals surface area contributed by atoms with Gasteiger partial charge in [-0.2, -0.15) is 0 Å². The number of methoxy groups -OCH3 is 2. The van der Waals surface area contributed by atoms with Crippen molar-refractivity contribution in [1.82, 2.24) is 0 Å². The van der Waals surface area contributed by atoms with Gasteiger partial charge in [-0.3, -0.25) is 0 Å². The van der Waals surface area contributed by atoms with Gasteiger partial charge in [-0.1, -0.05) is 0 Å². The van der Waals surface area contributed by atoms with Gasteiger partial charge in [-0.25, -0.2) is 14.2 Å². The quantitative estimate of drug-likeness (QED) is 0.393. The van der Waals surface area contributed by atoms with Crippen molar-refractivity contribution in [2.45, 2.75) is 0 Å². The average Bonchev–Trinajstić information content (AvgIpc) is 2.37. The van der Waals surface area contributed by atoms with Crippen LogP contribution in [0.1, 0.15) is 10.4 Å². The predicted molar refractivity (Wildman–Crippen MR) is 66.3 cm³/mol. The lowest BCUT2D eigenvalue weighted by atomic mass is 10.2. The Balaban J connectivity index is 3.36. The van der Waals surface area contributed by atoms with Crippen LogP contribution in [0.3, 0.4) is 0 Å². The molecule has 0 fully saturated rings. The number of hydrogen-bond acceptors (Lipinski definition) is 4. The molecule has 1 rings (SSSR count). The van der Waals surface area contributed by atoms with Crippen LogP contribution in [0.15, 0.2) is 17.1 Å². The van der Waals surface area contributed by atoms with Crippen LogP contribution in [0.2, 0.25) is 0 Å². The number of alkyl halides is 1. The van der Waals surface area contributed by atoms with Crippen LogP contribution >= 0.6 is 11.6 Å². The lowest BCUT2D eigenvalue weighted by Gasteiger charge is -2.08. The molecule has 0 saturated heterocycles. The number of ether oxygens (including phenoxy) is 2. The molecule has 18 heavy (non-hydrogen) atoms. The Morgan fingerprint density at radius 2 is 2.17 bits per heavy atom. The van der Waals surface area contributed by atoms with E-state index in [0.717, 1.165) is 6.07 Å². The van der Waals surface area contributed by atoms with Gasteiger partial charge in [0.2, 0.25) is 0 Å². The molecule has 2 N–H and O–H groups in total. The van der Waals surface area contributed by atoms with E-state index in [1.54, 1.807) is 0 Å². The molecule has 0 heterocycles. The zero-order valence-electron chi connectivity index (χ0n) is 9.87. The van der Waals surface area contributed by atoms with E-state index in [1.165, 1.54) is 20.3 Å². The Morgan fingerprint density at radius 3 is 2.67 bits per heavy atom. The Bertz CT molecular complexity index is 491. The SMILES string of the molecule is COC(=O)c1cc(F)c(OC)c(N=C(N)CCl)c1. The van der Waals surface area contributed by atoms with Crippen molar-refractivity contribution in [2.24, 2.45) is 10.7 Å². The third kappa shape index (κ3) is 3.10. The molecule has 0 spiro atoms. The number of rotatable bonds is 4. The smallest absolute Gasteiger partial charge is 0.338 e. The third-order valence-corrected chi connectivity index (χ3v) is 2.32. The summed E-state index contributed by atoms with van der Waals surface area (Å²) in [5.74, 6) is -1.47. The van der Waals surface area contributed by atoms with Crippen molar-refractivity contribution in [3.63, 3.8) is 0 Å². The molecular weight excluding hydrogens is 263 g/mol. The summed E-state index contributed by atoms with van der Waals surface area (Å²) in [6, 6.07) is 2.31. The van der Waals surface area contributed by atoms with Crippen LogP contribution in [0.4, 0.5) is 10.1 Å². The Labute approximate surface area is 108 Å². The molecule has 5 nitrogen and oxygen atoms in total. The minimum absolute atomic E-state index is 0.0110. The summed E-state index contributed by atoms with van der Waals surface area (Å²) in [6.07, 6.45) is 0. The van der Waals surface area contributed by atoms with Gasteiger partial charge in [0.25, 0.3) is 0 Å². The second kappa shape index (κ2) is 6.20. The van der Waals surface area contributed by atoms with Crippen molar-refractivity contribution in [1.29, 1.82) is 0 Å². The molecule has 0 unspecified atom stereocenters. The molecule has 0 radical (unpaired) electrons. The average molecular weight is 275 g/mol. The first kappa shape index (κ1) is 14.2. The molecule has 0 aliphatic rings. The molecule has 0 bridgehead atoms. The van der Waals surface area contributed by atoms with E-state index in [9.17, 15) is 9.18 Å². The fourth-order valence-electron chi connectivity index (χ4n) is 1.28. The van der Waals surface area contributed by atoms with Crippen molar-refractivity contribution < 1.29 is 18.7 Å². The Morgan fingerprint density at radius 1 is 1.50 bits per heavy atom. The second-order valence-electron chi connectivity index (χ2n) is 3.24. The monoisotopic (exact) mass is 274 g/mol. The highest BCUT2D eigenvalue weighted by molar-refractivity contribution is 6.28. The maximum atomic E-state index is 13.7. The van der Waals surface area contributed by atoms with Crippen LogP contribution in [-0.2, 0) is 4.74 Å². The maximum absolute atomic E-state index is 13.7. The lowest BCUT2D eigenvalue weighted by Crippen LogP contribution is -2.12. The van der Waals surface area contributed by atoms with Crippen molar-refractivity contribution >= 4 is 29.1 Å². The molecule has 1 aromatic carbocycles. The van der Waals surface area contributed by atoms with Gasteiger partial charge in [0, 0.05) is 0 Å². The van der Waals surface area contributed by atoms with E-state index >= 15 is 0 Å². The number of nitrogens with zero attached hydrogens (tertiary/aromatic N) is 1. The molecule has 0 amide bonds. The first-order valence-electron chi connectivity index (χ1n) is 4.88. The number of carbonyl (C=O) groups excluding carboxylic acids is 1. The van der Waals surface area contributed by atoms with Gasteiger partial charge >= 0.3 is 5.97 Å². The topological polar surface area (TPSA) is 73.9 Å². The molecule has 0 atom stereocenters. The first-order chi connectivity index (χ1) is 8.53. The Kier molecular flexibility index (Phi) is 4.91. The summed E-state index contributed by atoms with van der Waals surface area (Å²) in [7, 11) is 2.48. The molecular formula is C11H12ClFN2O3. The van der Waals surface area contributed by atoms with Crippen LogP contribution in [-0.4, -0.2) is 31.9 Å². The van der Waals surface area contributed by atoms with E-state index in [-0.39, 0.29) is 28.7 Å². The number of halogens is 2. The van der Waals surface area contributed by atoms with Crippen LogP contribution in [0.5, 0.6) is 5.75 Å². The molecule has 0 aromatic heterocycles. The van der Waals surface area contributed by atoms with Crippen molar-refractivity contribution in [3.05, 3.63) is 23.5 Å². The number of nitrogens with two attached hydrogens (primary N) is 1. The normalized spacial score (nSPS) is 11.2. The van der Waals surface area contributed by atoms with Gasteiger partial charge in [-0.05, 0) is 12.1 Å². The van der Waals surface area contributed by atoms with E-state index in [2.05, 4.69) is 9.73 Å². The molecule has 7 heteroatoms. The standard InChI is InChI=1S/C11H12ClFN2O3/c1-17-10-7(13)3-6(11(16)18-2)4-8(10)15-9(14)5-12/h3-4H,5H2,1-2H3,(H2,14,15). The number of hydrogen-bond donors (Lipinski definition) is 1. The highest BCUT2D eigenvalue weighted by Gasteiger charge is 2.16. The molecule has 1 aromatic rings. The highest BCUT2D eigenvalue weighted by atomic mass is 35.5. The van der Waals surface area contributed by atoms with E-state index < -0.39 is 11.8 Å². The largest absolute Gasteiger partial charge is 0.492 e. The van der Waals surface area contributed by atoms with Gasteiger partial charge in [0.05, 0.1) is 25.7 Å². The van der Waals surface area contributed by atoms with Gasteiger partial charge in [0.1, 0.15) is 11.5 Å². The fourth-order valence-corrected chi connectivity index (χ4v) is 1.34. The number of benzene rings is 1. The predicted octanol–water partition coefficient (Wildman–Crippen LogP) is 1.85. The van der Waals surface area contributed by atoms with Crippen LogP contribution < -0.4 is 10.5 Å². The highest BCUT2D eigenvalue weighted by Crippen LogP contribution is 2.32. The fraction of sp³-hybridized carbons (Fsp3) is 0.273. The van der Waals surface area contributed by atoms with Crippen LogP contribution in [0.25, 0.3) is 0 Å². The van der Waals surface area contributed by atoms with E-state index in [0.29, 0.717) is 0 Å². The summed E-state index contributed by atoms with van der Waals surface area (Å²) in [4.78, 5) is 15.2. The number of amidine groups is 1. The minimum Gasteiger partial charge on any atom is -0.492 e. The second-order valence-corrected chi connectivity index (χ2v) is 3.51. The zero-order valence-corrected chi connectivity index (χ0v) is 10.6. The Hall–Kier alpha value is -1.82. The van der Waals surface area contributed by atoms with Gasteiger partial charge in [0.15, 0.2) is 11.6 Å². The summed E-state index contributed by atoms with van der Waals surface area (Å²) in [5, 5.41) is 0. The number of carbonyl (C=O) groups is 1. The molecule has 0 saturated carbocycles. The van der Waals surface area contributed by atoms with E-state index in [1.807, 2.05) is 0 Å². The number of esters is 1. The van der Waals surface area contributed by atoms with Gasteiger partial charge in [-0.15, -0.1) is 11.6 Å². The summed E-state index contributed by atoms with van der Waals surface area (Å²) in [6.45, 7) is 0. The van der Waals surface area contributed by atoms with Gasteiger partial charge < -0.3 is 15.2 Å². The minimum atomic E-state index is -0.735. The summed E-state index contributed by atoms with van der Waals surface area (Å²) in [5.41, 5.74) is 5.55. The molecule has 0 aliphatic heterocycles. The summed E-state index contributed by atoms with van der Waals surface area (Å²) < 4.78 is 23.0.